The largest absolute Gasteiger partial charge is 0.383 e. The first kappa shape index (κ1) is 16.4. The fourth-order valence-electron chi connectivity index (χ4n) is 2.33. The highest BCUT2D eigenvalue weighted by Gasteiger charge is 2.20. The van der Waals surface area contributed by atoms with Gasteiger partial charge < -0.3 is 14.2 Å². The Morgan fingerprint density at radius 2 is 2.12 bits per heavy atom. The number of carbonyl (C=O) groups excluding carboxylic acids is 1. The molecule has 0 spiro atoms. The van der Waals surface area contributed by atoms with Crippen molar-refractivity contribution in [2.24, 2.45) is 0 Å². The van der Waals surface area contributed by atoms with E-state index in [4.69, 9.17) is 9.26 Å². The number of nitrogens with zero attached hydrogens (tertiary/aromatic N) is 2. The third-order valence-corrected chi connectivity index (χ3v) is 4.33. The van der Waals surface area contributed by atoms with E-state index in [-0.39, 0.29) is 5.91 Å². The summed E-state index contributed by atoms with van der Waals surface area (Å²) in [6, 6.07) is 13.3. The number of ether oxygens (including phenoxy) is 1. The molecule has 0 saturated carbocycles. The standard InChI is InChI=1S/C18H18N2O3S/c1-22-9-8-20(12-14-7-10-24-13-14)18(21)16-11-17(23-19-16)15-5-3-2-4-6-15/h2-7,10-11,13H,8-9,12H2,1H3. The lowest BCUT2D eigenvalue weighted by Gasteiger charge is -2.20. The zero-order valence-electron chi connectivity index (χ0n) is 13.3. The Labute approximate surface area is 144 Å². The van der Waals surface area contributed by atoms with Crippen LogP contribution >= 0.6 is 11.3 Å². The summed E-state index contributed by atoms with van der Waals surface area (Å²) in [7, 11) is 1.62. The van der Waals surface area contributed by atoms with Crippen LogP contribution in [0.25, 0.3) is 11.3 Å². The van der Waals surface area contributed by atoms with Crippen molar-refractivity contribution in [3.63, 3.8) is 0 Å². The van der Waals surface area contributed by atoms with Gasteiger partial charge in [0.05, 0.1) is 6.61 Å². The molecular weight excluding hydrogens is 324 g/mol. The van der Waals surface area contributed by atoms with Gasteiger partial charge in [-0.05, 0) is 22.4 Å². The van der Waals surface area contributed by atoms with E-state index in [0.29, 0.717) is 31.2 Å². The molecule has 24 heavy (non-hydrogen) atoms. The summed E-state index contributed by atoms with van der Waals surface area (Å²) in [4.78, 5) is 14.5. The highest BCUT2D eigenvalue weighted by Crippen LogP contribution is 2.21. The molecule has 5 nitrogen and oxygen atoms in total. The molecule has 0 saturated heterocycles. The van der Waals surface area contributed by atoms with Crippen LogP contribution in [0.5, 0.6) is 0 Å². The van der Waals surface area contributed by atoms with E-state index in [0.717, 1.165) is 11.1 Å². The average Bonchev–Trinajstić information content (AvgIpc) is 3.30. The fourth-order valence-corrected chi connectivity index (χ4v) is 2.99. The number of rotatable bonds is 7. The van der Waals surface area contributed by atoms with Gasteiger partial charge in [0.25, 0.3) is 5.91 Å². The fraction of sp³-hybridized carbons (Fsp3) is 0.222. The van der Waals surface area contributed by atoms with Gasteiger partial charge >= 0.3 is 0 Å². The predicted molar refractivity (Wildman–Crippen MR) is 92.9 cm³/mol. The van der Waals surface area contributed by atoms with Crippen LogP contribution in [0.4, 0.5) is 0 Å². The van der Waals surface area contributed by atoms with Gasteiger partial charge in [-0.15, -0.1) is 0 Å². The molecular formula is C18H18N2O3S. The van der Waals surface area contributed by atoms with Gasteiger partial charge in [-0.1, -0.05) is 35.5 Å². The van der Waals surface area contributed by atoms with Gasteiger partial charge in [-0.25, -0.2) is 0 Å². The number of aromatic nitrogens is 1. The lowest BCUT2D eigenvalue weighted by Crippen LogP contribution is -2.33. The van der Waals surface area contributed by atoms with Crippen LogP contribution in [0.3, 0.4) is 0 Å². The molecule has 0 fully saturated rings. The normalized spacial score (nSPS) is 10.7. The molecule has 0 bridgehead atoms. The van der Waals surface area contributed by atoms with Crippen molar-refractivity contribution in [2.75, 3.05) is 20.3 Å². The van der Waals surface area contributed by atoms with Crippen LogP contribution in [0.15, 0.2) is 57.7 Å². The first-order valence-corrected chi connectivity index (χ1v) is 8.53. The van der Waals surface area contributed by atoms with Crippen LogP contribution in [0.1, 0.15) is 16.1 Å². The van der Waals surface area contributed by atoms with Crippen molar-refractivity contribution in [1.82, 2.24) is 10.1 Å². The molecule has 6 heteroatoms. The van der Waals surface area contributed by atoms with E-state index in [9.17, 15) is 4.79 Å². The van der Waals surface area contributed by atoms with Gasteiger partial charge in [-0.2, -0.15) is 11.3 Å². The lowest BCUT2D eigenvalue weighted by atomic mass is 10.1. The molecule has 1 aromatic carbocycles. The van der Waals surface area contributed by atoms with Crippen molar-refractivity contribution in [3.05, 3.63) is 64.5 Å². The van der Waals surface area contributed by atoms with Crippen LogP contribution in [-0.4, -0.2) is 36.2 Å². The summed E-state index contributed by atoms with van der Waals surface area (Å²) in [5.41, 5.74) is 2.29. The Balaban J connectivity index is 1.78. The molecule has 0 aliphatic rings. The van der Waals surface area contributed by atoms with Crippen molar-refractivity contribution in [2.45, 2.75) is 6.54 Å². The molecule has 3 aromatic rings. The van der Waals surface area contributed by atoms with E-state index in [1.807, 2.05) is 47.2 Å². The van der Waals surface area contributed by atoms with E-state index >= 15 is 0 Å². The predicted octanol–water partition coefficient (Wildman–Crippen LogP) is 3.69. The second-order valence-corrected chi connectivity index (χ2v) is 6.07. The topological polar surface area (TPSA) is 55.6 Å². The molecule has 0 aliphatic heterocycles. The summed E-state index contributed by atoms with van der Waals surface area (Å²) in [5.74, 6) is 0.422. The van der Waals surface area contributed by atoms with Gasteiger partial charge in [0.15, 0.2) is 11.5 Å². The van der Waals surface area contributed by atoms with Gasteiger partial charge in [0.1, 0.15) is 0 Å². The minimum atomic E-state index is -0.163. The maximum Gasteiger partial charge on any atom is 0.276 e. The smallest absolute Gasteiger partial charge is 0.276 e. The quantitative estimate of drug-likeness (QED) is 0.657. The maximum atomic E-state index is 12.8. The number of benzene rings is 1. The Bertz CT molecular complexity index is 769. The number of methoxy groups -OCH3 is 1. The Morgan fingerprint density at radius 1 is 1.29 bits per heavy atom. The van der Waals surface area contributed by atoms with E-state index < -0.39 is 0 Å². The maximum absolute atomic E-state index is 12.8. The number of hydrogen-bond acceptors (Lipinski definition) is 5. The molecule has 0 radical (unpaired) electrons. The summed E-state index contributed by atoms with van der Waals surface area (Å²) in [6.45, 7) is 1.50. The van der Waals surface area contributed by atoms with Crippen LogP contribution < -0.4 is 0 Å². The van der Waals surface area contributed by atoms with Crippen molar-refractivity contribution < 1.29 is 14.1 Å². The highest BCUT2D eigenvalue weighted by atomic mass is 32.1. The monoisotopic (exact) mass is 342 g/mol. The Kier molecular flexibility index (Phi) is 5.40. The molecule has 1 amide bonds. The van der Waals surface area contributed by atoms with Crippen molar-refractivity contribution in [3.8, 4) is 11.3 Å². The number of thiophene rings is 1. The molecule has 0 N–H and O–H groups in total. The van der Waals surface area contributed by atoms with Crippen molar-refractivity contribution in [1.29, 1.82) is 0 Å². The summed E-state index contributed by atoms with van der Waals surface area (Å²) in [5, 5.41) is 7.98. The molecule has 2 heterocycles. The third kappa shape index (κ3) is 3.90. The second kappa shape index (κ2) is 7.90. The summed E-state index contributed by atoms with van der Waals surface area (Å²) >= 11 is 1.61. The SMILES string of the molecule is COCCN(Cc1ccsc1)C(=O)c1cc(-c2ccccc2)on1. The minimum Gasteiger partial charge on any atom is -0.383 e. The van der Waals surface area contributed by atoms with E-state index in [1.54, 1.807) is 29.4 Å². The Hall–Kier alpha value is -2.44. The van der Waals surface area contributed by atoms with E-state index in [2.05, 4.69) is 5.16 Å². The van der Waals surface area contributed by atoms with E-state index in [1.165, 1.54) is 0 Å². The summed E-state index contributed by atoms with van der Waals surface area (Å²) < 4.78 is 10.5. The van der Waals surface area contributed by atoms with Crippen molar-refractivity contribution >= 4 is 17.2 Å². The Morgan fingerprint density at radius 3 is 2.83 bits per heavy atom. The third-order valence-electron chi connectivity index (χ3n) is 3.59. The van der Waals surface area contributed by atoms with Gasteiger partial charge in [0.2, 0.25) is 0 Å². The molecule has 0 unspecified atom stereocenters. The zero-order valence-corrected chi connectivity index (χ0v) is 14.2. The summed E-state index contributed by atoms with van der Waals surface area (Å²) in [6.07, 6.45) is 0. The number of amides is 1. The van der Waals surface area contributed by atoms with Crippen LogP contribution in [-0.2, 0) is 11.3 Å². The van der Waals surface area contributed by atoms with Gasteiger partial charge in [0, 0.05) is 31.8 Å². The first-order valence-electron chi connectivity index (χ1n) is 7.59. The molecule has 0 atom stereocenters. The number of hydrogen-bond donors (Lipinski definition) is 0. The first-order chi connectivity index (χ1) is 11.8. The molecule has 3 rings (SSSR count). The molecule has 124 valence electrons. The second-order valence-electron chi connectivity index (χ2n) is 5.29. The molecule has 0 aliphatic carbocycles. The minimum absolute atomic E-state index is 0.163. The molecule has 2 aromatic heterocycles. The van der Waals surface area contributed by atoms with Crippen LogP contribution in [0, 0.1) is 0 Å². The zero-order chi connectivity index (χ0) is 16.8. The lowest BCUT2D eigenvalue weighted by molar-refractivity contribution is 0.0670. The van der Waals surface area contributed by atoms with Gasteiger partial charge in [-0.3, -0.25) is 4.79 Å². The number of carbonyl (C=O) groups is 1. The van der Waals surface area contributed by atoms with Crippen LogP contribution in [0.2, 0.25) is 0 Å². The highest BCUT2D eigenvalue weighted by molar-refractivity contribution is 7.07. The average molecular weight is 342 g/mol.